The Balaban J connectivity index is 1.56. The minimum atomic E-state index is -3.76. The van der Waals surface area contributed by atoms with Crippen LogP contribution in [0.5, 0.6) is 0 Å². The highest BCUT2D eigenvalue weighted by Gasteiger charge is 2.32. The van der Waals surface area contributed by atoms with E-state index in [2.05, 4.69) is 10.9 Å². The first-order valence-corrected chi connectivity index (χ1v) is 13.0. The molecule has 33 heavy (non-hydrogen) atoms. The van der Waals surface area contributed by atoms with Gasteiger partial charge in [-0.1, -0.05) is 40.5 Å². The number of aromatic nitrogens is 1. The molecule has 0 atom stereocenters. The monoisotopic (exact) mass is 525 g/mol. The molecule has 11 heteroatoms. The molecule has 1 aliphatic heterocycles. The Morgan fingerprint density at radius 1 is 1.15 bits per heavy atom. The maximum atomic E-state index is 13.1. The summed E-state index contributed by atoms with van der Waals surface area (Å²) in [6, 6.07) is 8.02. The Bertz CT molecular complexity index is 1430. The van der Waals surface area contributed by atoms with Gasteiger partial charge in [0.15, 0.2) is 4.80 Å². The second-order valence-corrected chi connectivity index (χ2v) is 11.2. The molecule has 1 amide bonds. The number of nitrogens with zero attached hydrogens (tertiary/aromatic N) is 3. The van der Waals surface area contributed by atoms with Gasteiger partial charge in [-0.05, 0) is 49.2 Å². The van der Waals surface area contributed by atoms with Crippen LogP contribution in [-0.2, 0) is 21.4 Å². The number of thiazole rings is 1. The Morgan fingerprint density at radius 2 is 1.79 bits per heavy atom. The minimum Gasteiger partial charge on any atom is -0.303 e. The predicted octanol–water partition coefficient (Wildman–Crippen LogP) is 4.31. The second kappa shape index (κ2) is 9.57. The van der Waals surface area contributed by atoms with Gasteiger partial charge in [-0.3, -0.25) is 4.79 Å². The van der Waals surface area contributed by atoms with Crippen LogP contribution >= 0.6 is 34.5 Å². The van der Waals surface area contributed by atoms with E-state index in [1.54, 1.807) is 16.7 Å². The molecule has 2 heterocycles. The van der Waals surface area contributed by atoms with Crippen LogP contribution in [0.15, 0.2) is 46.3 Å². The van der Waals surface area contributed by atoms with Crippen molar-refractivity contribution in [1.82, 2.24) is 8.87 Å². The average molecular weight is 526 g/mol. The van der Waals surface area contributed by atoms with Gasteiger partial charge in [0.1, 0.15) is 5.82 Å². The van der Waals surface area contributed by atoms with E-state index in [0.717, 1.165) is 12.1 Å². The van der Waals surface area contributed by atoms with Crippen LogP contribution in [0.4, 0.5) is 4.39 Å². The standard InChI is InChI=1S/C22H18Cl2FN3O3S2/c1-2-11-28-19-17(23)7-8-18(24)20(19)32-22(28)26-21(29)14-9-12-27(13-10-14)33(30,31)16-5-3-15(25)4-6-16/h1,3-8,14H,9-13H2. The molecule has 0 unspecified atom stereocenters. The lowest BCUT2D eigenvalue weighted by molar-refractivity contribution is -0.122. The summed E-state index contributed by atoms with van der Waals surface area (Å²) in [6.07, 6.45) is 6.15. The Labute approximate surface area is 204 Å². The first-order chi connectivity index (χ1) is 15.7. The number of terminal acetylenes is 1. The van der Waals surface area contributed by atoms with Crippen molar-refractivity contribution in [2.45, 2.75) is 24.3 Å². The van der Waals surface area contributed by atoms with Gasteiger partial charge in [-0.25, -0.2) is 12.8 Å². The van der Waals surface area contributed by atoms with Crippen LogP contribution in [0.2, 0.25) is 10.0 Å². The molecule has 6 nitrogen and oxygen atoms in total. The fraction of sp³-hybridized carbons (Fsp3) is 0.273. The van der Waals surface area contributed by atoms with Crippen LogP contribution in [0.1, 0.15) is 12.8 Å². The number of sulfonamides is 1. The van der Waals surface area contributed by atoms with Gasteiger partial charge in [0.25, 0.3) is 5.91 Å². The molecule has 1 aliphatic rings. The predicted molar refractivity (Wildman–Crippen MR) is 127 cm³/mol. The van der Waals surface area contributed by atoms with Crippen molar-refractivity contribution in [3.63, 3.8) is 0 Å². The van der Waals surface area contributed by atoms with Gasteiger partial charge in [0, 0.05) is 19.0 Å². The maximum Gasteiger partial charge on any atom is 0.251 e. The summed E-state index contributed by atoms with van der Waals surface area (Å²) in [5, 5.41) is 0.937. The number of carbonyl (C=O) groups excluding carboxylic acids is 1. The molecular weight excluding hydrogens is 508 g/mol. The Morgan fingerprint density at radius 3 is 2.42 bits per heavy atom. The lowest BCUT2D eigenvalue weighted by atomic mass is 9.98. The molecule has 4 rings (SSSR count). The summed E-state index contributed by atoms with van der Waals surface area (Å²) in [5.41, 5.74) is 0.624. The number of hydrogen-bond donors (Lipinski definition) is 0. The van der Waals surface area contributed by atoms with Crippen LogP contribution < -0.4 is 4.80 Å². The third-order valence-corrected chi connectivity index (χ3v) is 9.19. The van der Waals surface area contributed by atoms with Gasteiger partial charge >= 0.3 is 0 Å². The van der Waals surface area contributed by atoms with E-state index in [0.29, 0.717) is 37.9 Å². The number of fused-ring (bicyclic) bond motifs is 1. The van der Waals surface area contributed by atoms with Gasteiger partial charge < -0.3 is 4.57 Å². The number of carbonyl (C=O) groups is 1. The number of piperidine rings is 1. The summed E-state index contributed by atoms with van der Waals surface area (Å²) < 4.78 is 42.4. The molecule has 0 radical (unpaired) electrons. The molecule has 0 aliphatic carbocycles. The number of benzene rings is 2. The number of hydrogen-bond acceptors (Lipinski definition) is 4. The van der Waals surface area contributed by atoms with E-state index in [-0.39, 0.29) is 30.4 Å². The van der Waals surface area contributed by atoms with E-state index < -0.39 is 21.8 Å². The topological polar surface area (TPSA) is 71.7 Å². The van der Waals surface area contributed by atoms with Crippen LogP contribution in [0.3, 0.4) is 0 Å². The van der Waals surface area contributed by atoms with Crippen LogP contribution in [0.25, 0.3) is 10.2 Å². The second-order valence-electron chi connectivity index (χ2n) is 7.46. The molecule has 1 saturated heterocycles. The molecule has 0 spiro atoms. The van der Waals surface area contributed by atoms with E-state index in [9.17, 15) is 17.6 Å². The minimum absolute atomic E-state index is 0.0210. The molecular formula is C22H18Cl2FN3O3S2. The summed E-state index contributed by atoms with van der Waals surface area (Å²) in [6.45, 7) is 0.501. The largest absolute Gasteiger partial charge is 0.303 e. The molecule has 2 aromatic carbocycles. The Kier molecular flexibility index (Phi) is 6.93. The third kappa shape index (κ3) is 4.72. The molecule has 1 fully saturated rings. The summed E-state index contributed by atoms with van der Waals surface area (Å²) >= 11 is 13.9. The highest BCUT2D eigenvalue weighted by atomic mass is 35.5. The van der Waals surface area contributed by atoms with Crippen molar-refractivity contribution < 1.29 is 17.6 Å². The van der Waals surface area contributed by atoms with Gasteiger partial charge in [0.05, 0.1) is 31.7 Å². The van der Waals surface area contributed by atoms with Gasteiger partial charge in [0.2, 0.25) is 10.0 Å². The smallest absolute Gasteiger partial charge is 0.251 e. The van der Waals surface area contributed by atoms with E-state index >= 15 is 0 Å². The van der Waals surface area contributed by atoms with Crippen LogP contribution in [-0.4, -0.2) is 36.3 Å². The average Bonchev–Trinajstić information content (AvgIpc) is 3.16. The fourth-order valence-corrected chi connectivity index (χ4v) is 6.84. The lowest BCUT2D eigenvalue weighted by Crippen LogP contribution is -2.40. The van der Waals surface area contributed by atoms with Crippen molar-refractivity contribution in [2.24, 2.45) is 10.9 Å². The van der Waals surface area contributed by atoms with E-state index in [4.69, 9.17) is 29.6 Å². The first kappa shape index (κ1) is 23.9. The molecule has 0 saturated carbocycles. The van der Waals surface area contributed by atoms with Crippen molar-refractivity contribution in [2.75, 3.05) is 13.1 Å². The van der Waals surface area contributed by atoms with E-state index in [1.807, 2.05) is 0 Å². The van der Waals surface area contributed by atoms with Crippen molar-refractivity contribution in [1.29, 1.82) is 0 Å². The zero-order valence-electron chi connectivity index (χ0n) is 17.2. The zero-order valence-corrected chi connectivity index (χ0v) is 20.3. The number of amides is 1. The van der Waals surface area contributed by atoms with Crippen molar-refractivity contribution in [3.05, 3.63) is 57.1 Å². The molecule has 0 N–H and O–H groups in total. The lowest BCUT2D eigenvalue weighted by Gasteiger charge is -2.29. The van der Waals surface area contributed by atoms with Crippen molar-refractivity contribution >= 4 is 60.7 Å². The fourth-order valence-electron chi connectivity index (χ4n) is 3.72. The molecule has 0 bridgehead atoms. The molecule has 1 aromatic heterocycles. The molecule has 172 valence electrons. The van der Waals surface area contributed by atoms with E-state index in [1.165, 1.54) is 27.8 Å². The van der Waals surface area contributed by atoms with Crippen molar-refractivity contribution in [3.8, 4) is 12.3 Å². The summed E-state index contributed by atoms with van der Waals surface area (Å²) in [5.74, 6) is 1.26. The molecule has 3 aromatic rings. The number of rotatable bonds is 4. The third-order valence-electron chi connectivity index (χ3n) is 5.44. The quantitative estimate of drug-likeness (QED) is 0.476. The number of halogens is 3. The first-order valence-electron chi connectivity index (χ1n) is 9.97. The normalized spacial score (nSPS) is 16.2. The van der Waals surface area contributed by atoms with Gasteiger partial charge in [-0.2, -0.15) is 9.30 Å². The highest BCUT2D eigenvalue weighted by molar-refractivity contribution is 7.89. The summed E-state index contributed by atoms with van der Waals surface area (Å²) in [4.78, 5) is 17.6. The van der Waals surface area contributed by atoms with Crippen LogP contribution in [0, 0.1) is 24.1 Å². The SMILES string of the molecule is C#CCn1c(=NC(=O)C2CCN(S(=O)(=O)c3ccc(F)cc3)CC2)sc2c(Cl)ccc(Cl)c21. The Hall–Kier alpha value is -2.22. The van der Waals surface area contributed by atoms with Gasteiger partial charge in [-0.15, -0.1) is 6.42 Å². The zero-order chi connectivity index (χ0) is 23.8. The highest BCUT2D eigenvalue weighted by Crippen LogP contribution is 2.32. The maximum absolute atomic E-state index is 13.1. The summed E-state index contributed by atoms with van der Waals surface area (Å²) in [7, 11) is -3.76.